The maximum atomic E-state index is 12.9. The third kappa shape index (κ3) is 6.87. The van der Waals surface area contributed by atoms with Gasteiger partial charge in [-0.25, -0.2) is 0 Å². The zero-order valence-electron chi connectivity index (χ0n) is 19.9. The minimum Gasteiger partial charge on any atom is -0.483 e. The number of aliphatic hydroxyl groups is 1. The van der Waals surface area contributed by atoms with Gasteiger partial charge in [0.05, 0.1) is 6.61 Å². The first kappa shape index (κ1) is 26.5. The standard InChI is InChI=1S/C27H34F3NO2/c1-7-23-24(31(8-2)14-13-26(23,5)6)17-21(19(3)4)22-16-20(10-9-15-32)11-12-25(22)33-18-27(28,29)30/h7,9-12,16-17,32H,1,3,8,13-15,18H2,2,4-6H3/b10-9+,21-17+. The van der Waals surface area contributed by atoms with E-state index in [2.05, 4.69) is 38.8 Å². The number of rotatable bonds is 9. The summed E-state index contributed by atoms with van der Waals surface area (Å²) in [6, 6.07) is 4.95. The number of allylic oxidation sites excluding steroid dienone is 5. The molecular weight excluding hydrogens is 427 g/mol. The molecule has 1 heterocycles. The van der Waals surface area contributed by atoms with E-state index in [9.17, 15) is 13.2 Å². The molecule has 1 N–H and O–H groups in total. The average molecular weight is 462 g/mol. The Kier molecular flexibility index (Phi) is 8.78. The van der Waals surface area contributed by atoms with Gasteiger partial charge in [0, 0.05) is 24.4 Å². The number of aliphatic hydroxyl groups excluding tert-OH is 1. The highest BCUT2D eigenvalue weighted by Gasteiger charge is 2.32. The molecule has 1 aromatic carbocycles. The molecule has 0 saturated carbocycles. The van der Waals surface area contributed by atoms with Crippen LogP contribution in [-0.2, 0) is 0 Å². The van der Waals surface area contributed by atoms with Gasteiger partial charge < -0.3 is 14.7 Å². The van der Waals surface area contributed by atoms with E-state index in [0.29, 0.717) is 16.7 Å². The van der Waals surface area contributed by atoms with Crippen molar-refractivity contribution in [2.45, 2.75) is 40.3 Å². The van der Waals surface area contributed by atoms with E-state index in [1.807, 2.05) is 19.1 Å². The quantitative estimate of drug-likeness (QED) is 0.411. The Morgan fingerprint density at radius 2 is 2.00 bits per heavy atom. The lowest BCUT2D eigenvalue weighted by atomic mass is 9.76. The summed E-state index contributed by atoms with van der Waals surface area (Å²) in [6.07, 6.45) is 3.66. The topological polar surface area (TPSA) is 32.7 Å². The molecule has 0 aromatic heterocycles. The Morgan fingerprint density at radius 1 is 1.30 bits per heavy atom. The van der Waals surface area contributed by atoms with Crippen molar-refractivity contribution >= 4 is 11.6 Å². The van der Waals surface area contributed by atoms with Gasteiger partial charge in [0.2, 0.25) is 0 Å². The monoisotopic (exact) mass is 461 g/mol. The second-order valence-corrected chi connectivity index (χ2v) is 8.80. The molecule has 1 aliphatic heterocycles. The van der Waals surface area contributed by atoms with Gasteiger partial charge in [0.15, 0.2) is 6.61 Å². The van der Waals surface area contributed by atoms with Gasteiger partial charge in [-0.05, 0) is 60.6 Å². The van der Waals surface area contributed by atoms with E-state index < -0.39 is 12.8 Å². The molecule has 0 atom stereocenters. The summed E-state index contributed by atoms with van der Waals surface area (Å²) < 4.78 is 43.9. The van der Waals surface area contributed by atoms with Gasteiger partial charge in [0.1, 0.15) is 5.75 Å². The summed E-state index contributed by atoms with van der Waals surface area (Å²) in [7, 11) is 0. The van der Waals surface area contributed by atoms with Gasteiger partial charge in [-0.3, -0.25) is 0 Å². The molecule has 0 saturated heterocycles. The predicted molar refractivity (Wildman–Crippen MR) is 130 cm³/mol. The Labute approximate surface area is 195 Å². The molecule has 3 nitrogen and oxygen atoms in total. The van der Waals surface area contributed by atoms with Crippen LogP contribution in [0.3, 0.4) is 0 Å². The minimum absolute atomic E-state index is 0.0826. The molecule has 0 amide bonds. The average Bonchev–Trinajstić information content (AvgIpc) is 2.73. The van der Waals surface area contributed by atoms with Crippen LogP contribution in [0.1, 0.15) is 45.2 Å². The minimum atomic E-state index is -4.45. The van der Waals surface area contributed by atoms with Gasteiger partial charge in [-0.2, -0.15) is 13.2 Å². The molecule has 0 fully saturated rings. The van der Waals surface area contributed by atoms with Crippen LogP contribution in [0.15, 0.2) is 66.4 Å². The SMILES string of the molecule is C=CC1=C(/C=C(\C(=C)C)c2cc(/C=C/CO)ccc2OCC(F)(F)F)N(CC)CCC1(C)C. The number of ether oxygens (including phenoxy) is 1. The van der Waals surface area contributed by atoms with Crippen LogP contribution in [0, 0.1) is 5.41 Å². The lowest BCUT2D eigenvalue weighted by Crippen LogP contribution is -2.35. The second-order valence-electron chi connectivity index (χ2n) is 8.80. The molecule has 0 unspecified atom stereocenters. The van der Waals surface area contributed by atoms with Crippen molar-refractivity contribution in [2.75, 3.05) is 26.3 Å². The van der Waals surface area contributed by atoms with Gasteiger partial charge in [0.25, 0.3) is 0 Å². The third-order valence-corrected chi connectivity index (χ3v) is 5.78. The predicted octanol–water partition coefficient (Wildman–Crippen LogP) is 6.78. The molecule has 180 valence electrons. The molecule has 1 aliphatic rings. The maximum absolute atomic E-state index is 12.9. The number of halogens is 3. The zero-order chi connectivity index (χ0) is 24.8. The summed E-state index contributed by atoms with van der Waals surface area (Å²) in [5, 5.41) is 9.12. The van der Waals surface area contributed by atoms with E-state index in [1.54, 1.807) is 24.3 Å². The van der Waals surface area contributed by atoms with Crippen LogP contribution in [0.5, 0.6) is 5.75 Å². The molecule has 0 spiro atoms. The lowest BCUT2D eigenvalue weighted by molar-refractivity contribution is -0.153. The molecular formula is C27H34F3NO2. The Bertz CT molecular complexity index is 968. The van der Waals surface area contributed by atoms with Crippen molar-refractivity contribution in [3.63, 3.8) is 0 Å². The number of alkyl halides is 3. The van der Waals surface area contributed by atoms with E-state index in [1.165, 1.54) is 6.07 Å². The maximum Gasteiger partial charge on any atom is 0.422 e. The largest absolute Gasteiger partial charge is 0.483 e. The molecule has 0 radical (unpaired) electrons. The fraction of sp³-hybridized carbons (Fsp3) is 0.407. The van der Waals surface area contributed by atoms with E-state index >= 15 is 0 Å². The van der Waals surface area contributed by atoms with Crippen LogP contribution in [-0.4, -0.2) is 42.5 Å². The van der Waals surface area contributed by atoms with Crippen LogP contribution >= 0.6 is 0 Å². The highest BCUT2D eigenvalue weighted by atomic mass is 19.4. The van der Waals surface area contributed by atoms with Crippen LogP contribution in [0.25, 0.3) is 11.6 Å². The smallest absolute Gasteiger partial charge is 0.422 e. The highest BCUT2D eigenvalue weighted by Crippen LogP contribution is 2.41. The molecule has 1 aromatic rings. The summed E-state index contributed by atoms with van der Waals surface area (Å²) in [6.45, 7) is 16.5. The van der Waals surface area contributed by atoms with Crippen molar-refractivity contribution in [1.82, 2.24) is 4.90 Å². The first-order chi connectivity index (χ1) is 15.4. The van der Waals surface area contributed by atoms with Crippen molar-refractivity contribution in [1.29, 1.82) is 0 Å². The molecule has 0 aliphatic carbocycles. The fourth-order valence-electron chi connectivity index (χ4n) is 3.97. The van der Waals surface area contributed by atoms with Crippen molar-refractivity contribution in [3.8, 4) is 5.75 Å². The van der Waals surface area contributed by atoms with Gasteiger partial charge in [-0.15, -0.1) is 0 Å². The molecule has 2 rings (SSSR count). The number of nitrogens with zero attached hydrogens (tertiary/aromatic N) is 1. The number of hydrogen-bond acceptors (Lipinski definition) is 3. The number of benzene rings is 1. The van der Waals surface area contributed by atoms with Crippen LogP contribution in [0.2, 0.25) is 0 Å². The summed E-state index contributed by atoms with van der Waals surface area (Å²) in [5.74, 6) is 0.126. The van der Waals surface area contributed by atoms with E-state index in [4.69, 9.17) is 9.84 Å². The fourth-order valence-corrected chi connectivity index (χ4v) is 3.97. The Hall–Kier alpha value is -2.73. The third-order valence-electron chi connectivity index (χ3n) is 5.78. The summed E-state index contributed by atoms with van der Waals surface area (Å²) in [4.78, 5) is 2.25. The second kappa shape index (κ2) is 10.9. The Morgan fingerprint density at radius 3 is 2.55 bits per heavy atom. The van der Waals surface area contributed by atoms with Gasteiger partial charge in [-0.1, -0.05) is 56.9 Å². The summed E-state index contributed by atoms with van der Waals surface area (Å²) in [5.41, 5.74) is 4.63. The molecule has 33 heavy (non-hydrogen) atoms. The van der Waals surface area contributed by atoms with E-state index in [-0.39, 0.29) is 17.8 Å². The highest BCUT2D eigenvalue weighted by molar-refractivity contribution is 5.84. The lowest BCUT2D eigenvalue weighted by Gasteiger charge is -2.40. The van der Waals surface area contributed by atoms with Crippen molar-refractivity contribution in [3.05, 3.63) is 77.6 Å². The van der Waals surface area contributed by atoms with Crippen molar-refractivity contribution < 1.29 is 23.0 Å². The van der Waals surface area contributed by atoms with Gasteiger partial charge >= 0.3 is 6.18 Å². The molecule has 0 bridgehead atoms. The summed E-state index contributed by atoms with van der Waals surface area (Å²) >= 11 is 0. The van der Waals surface area contributed by atoms with E-state index in [0.717, 1.165) is 36.3 Å². The Balaban J connectivity index is 2.75. The van der Waals surface area contributed by atoms with Crippen LogP contribution < -0.4 is 4.74 Å². The zero-order valence-corrected chi connectivity index (χ0v) is 19.9. The first-order valence-corrected chi connectivity index (χ1v) is 11.0. The van der Waals surface area contributed by atoms with Crippen molar-refractivity contribution in [2.24, 2.45) is 5.41 Å². The molecule has 6 heteroatoms. The number of likely N-dealkylation sites (N-methyl/N-ethyl adjacent to an activating group) is 1. The normalized spacial score (nSPS) is 17.0. The number of hydrogen-bond donors (Lipinski definition) is 1. The first-order valence-electron chi connectivity index (χ1n) is 11.0. The van der Waals surface area contributed by atoms with Crippen LogP contribution in [0.4, 0.5) is 13.2 Å².